The molecule has 0 spiro atoms. The number of nitrogens with two attached hydrogens (primary N) is 2. The largest absolute Gasteiger partial charge is 0.480 e. The maximum atomic E-state index is 12.6. The second kappa shape index (κ2) is 12.2. The molecule has 0 bridgehead atoms. The van der Waals surface area contributed by atoms with Crippen molar-refractivity contribution in [2.45, 2.75) is 44.5 Å². The molecule has 156 valence electrons. The fourth-order valence-corrected chi connectivity index (χ4v) is 2.71. The van der Waals surface area contributed by atoms with Crippen molar-refractivity contribution in [2.75, 3.05) is 13.1 Å². The molecule has 1 rings (SSSR count). The number of carboxylic acid groups (broad SMARTS) is 1. The number of aliphatic hydroxyl groups excluding tert-OH is 1. The van der Waals surface area contributed by atoms with Gasteiger partial charge in [0, 0.05) is 19.5 Å². The lowest BCUT2D eigenvalue weighted by Gasteiger charge is -2.24. The van der Waals surface area contributed by atoms with Crippen molar-refractivity contribution in [3.8, 4) is 0 Å². The van der Waals surface area contributed by atoms with Crippen LogP contribution >= 0.6 is 0 Å². The highest BCUT2D eigenvalue weighted by atomic mass is 16.4. The lowest BCUT2D eigenvalue weighted by Crippen LogP contribution is -2.49. The molecule has 9 heteroatoms. The Hall–Kier alpha value is -2.33. The maximum absolute atomic E-state index is 12.6. The van der Waals surface area contributed by atoms with Crippen LogP contribution in [0.3, 0.4) is 0 Å². The Kier molecular flexibility index (Phi) is 10.3. The van der Waals surface area contributed by atoms with Crippen molar-refractivity contribution < 1.29 is 24.6 Å². The molecule has 8 N–H and O–H groups in total. The molecule has 0 heterocycles. The first-order chi connectivity index (χ1) is 13.3. The molecule has 0 fully saturated rings. The number of carbonyl (C=O) groups is 3. The van der Waals surface area contributed by atoms with Crippen LogP contribution in [0.4, 0.5) is 0 Å². The second-order valence-corrected chi connectivity index (χ2v) is 6.65. The molecule has 4 atom stereocenters. The molecule has 0 saturated carbocycles. The maximum Gasteiger partial charge on any atom is 0.326 e. The number of hydrogen-bond acceptors (Lipinski definition) is 7. The van der Waals surface area contributed by atoms with Gasteiger partial charge in [-0.3, -0.25) is 9.59 Å². The summed E-state index contributed by atoms with van der Waals surface area (Å²) >= 11 is 0. The summed E-state index contributed by atoms with van der Waals surface area (Å²) in [4.78, 5) is 36.2. The Bertz CT molecular complexity index is 638. The Morgan fingerprint density at radius 1 is 1.11 bits per heavy atom. The van der Waals surface area contributed by atoms with E-state index in [2.05, 4.69) is 10.6 Å². The summed E-state index contributed by atoms with van der Waals surface area (Å²) in [7, 11) is 0. The van der Waals surface area contributed by atoms with Crippen molar-refractivity contribution >= 4 is 17.7 Å². The minimum absolute atomic E-state index is 0.0325. The lowest BCUT2D eigenvalue weighted by atomic mass is 9.92. The number of benzene rings is 1. The molecule has 9 nitrogen and oxygen atoms in total. The quantitative estimate of drug-likeness (QED) is 0.247. The Balaban J connectivity index is 2.72. The molecule has 1 aromatic carbocycles. The number of hydrogen-bond donors (Lipinski definition) is 6. The van der Waals surface area contributed by atoms with Crippen molar-refractivity contribution in [3.05, 3.63) is 35.9 Å². The number of aliphatic hydroxyl groups is 1. The second-order valence-electron chi connectivity index (χ2n) is 6.65. The minimum Gasteiger partial charge on any atom is -0.480 e. The SMILES string of the molecule is C[C@H](O)[C@H](CC(=O)[C@H](CN)NCc1ccccc1)C(=O)N[C@@H](CCN)C(=O)O. The zero-order chi connectivity index (χ0) is 21.1. The Morgan fingerprint density at radius 3 is 2.25 bits per heavy atom. The van der Waals surface area contributed by atoms with Gasteiger partial charge in [0.1, 0.15) is 6.04 Å². The third-order valence-corrected chi connectivity index (χ3v) is 4.43. The minimum atomic E-state index is -1.22. The smallest absolute Gasteiger partial charge is 0.326 e. The van der Waals surface area contributed by atoms with Gasteiger partial charge in [0.05, 0.1) is 18.1 Å². The number of Topliss-reactive ketones (excluding diaryl/α,β-unsaturated/α-hetero) is 1. The van der Waals surface area contributed by atoms with E-state index in [1.54, 1.807) is 0 Å². The van der Waals surface area contributed by atoms with Gasteiger partial charge >= 0.3 is 5.97 Å². The summed E-state index contributed by atoms with van der Waals surface area (Å²) in [6.45, 7) is 1.92. The summed E-state index contributed by atoms with van der Waals surface area (Å²) in [5.41, 5.74) is 12.0. The molecule has 0 aliphatic carbocycles. The first kappa shape index (κ1) is 23.7. The van der Waals surface area contributed by atoms with Gasteiger partial charge in [-0.2, -0.15) is 0 Å². The van der Waals surface area contributed by atoms with Crippen molar-refractivity contribution in [3.63, 3.8) is 0 Å². The van der Waals surface area contributed by atoms with Gasteiger partial charge in [0.25, 0.3) is 0 Å². The van der Waals surface area contributed by atoms with Crippen molar-refractivity contribution in [1.29, 1.82) is 0 Å². The summed E-state index contributed by atoms with van der Waals surface area (Å²) < 4.78 is 0. The molecule has 0 radical (unpaired) electrons. The highest BCUT2D eigenvalue weighted by molar-refractivity contribution is 5.91. The molecule has 0 unspecified atom stereocenters. The standard InChI is InChI=1S/C19H30N4O5/c1-12(24)14(18(26)23-15(7-8-20)19(27)28)9-17(25)16(10-21)22-11-13-5-3-2-4-6-13/h2-6,12,14-16,22,24H,7-11,20-21H2,1H3,(H,23,26)(H,27,28)/t12-,14-,15-,16-/m0/s1. The summed E-state index contributed by atoms with van der Waals surface area (Å²) in [5.74, 6) is -3.34. The van der Waals surface area contributed by atoms with Crippen LogP contribution in [0.1, 0.15) is 25.3 Å². The number of carbonyl (C=O) groups excluding carboxylic acids is 2. The van der Waals surface area contributed by atoms with Crippen LogP contribution in [0.25, 0.3) is 0 Å². The first-order valence-corrected chi connectivity index (χ1v) is 9.21. The van der Waals surface area contributed by atoms with Crippen molar-refractivity contribution in [2.24, 2.45) is 17.4 Å². The van der Waals surface area contributed by atoms with Crippen molar-refractivity contribution in [1.82, 2.24) is 10.6 Å². The van der Waals surface area contributed by atoms with Gasteiger partial charge in [-0.15, -0.1) is 0 Å². The van der Waals surface area contributed by atoms with E-state index >= 15 is 0 Å². The Morgan fingerprint density at radius 2 is 1.75 bits per heavy atom. The highest BCUT2D eigenvalue weighted by Gasteiger charge is 2.31. The number of ketones is 1. The zero-order valence-electron chi connectivity index (χ0n) is 16.0. The lowest BCUT2D eigenvalue weighted by molar-refractivity contribution is -0.143. The van der Waals surface area contributed by atoms with E-state index in [0.717, 1.165) is 5.56 Å². The van der Waals surface area contributed by atoms with Crippen LogP contribution in [0.5, 0.6) is 0 Å². The average Bonchev–Trinajstić information content (AvgIpc) is 2.66. The van der Waals surface area contributed by atoms with E-state index in [4.69, 9.17) is 16.6 Å². The third kappa shape index (κ3) is 7.73. The van der Waals surface area contributed by atoms with Crippen LogP contribution in [-0.4, -0.2) is 59.1 Å². The normalized spacial score (nSPS) is 15.3. The van der Waals surface area contributed by atoms with Crippen LogP contribution < -0.4 is 22.1 Å². The Labute approximate surface area is 164 Å². The van der Waals surface area contributed by atoms with E-state index in [0.29, 0.717) is 6.54 Å². The highest BCUT2D eigenvalue weighted by Crippen LogP contribution is 2.13. The third-order valence-electron chi connectivity index (χ3n) is 4.43. The molecule has 28 heavy (non-hydrogen) atoms. The number of amides is 1. The van der Waals surface area contributed by atoms with Gasteiger partial charge in [0.2, 0.25) is 5.91 Å². The monoisotopic (exact) mass is 394 g/mol. The van der Waals surface area contributed by atoms with E-state index < -0.39 is 36.0 Å². The molecule has 0 aliphatic heterocycles. The predicted molar refractivity (Wildman–Crippen MR) is 104 cm³/mol. The topological polar surface area (TPSA) is 168 Å². The number of rotatable bonds is 13. The molecule has 1 amide bonds. The van der Waals surface area contributed by atoms with Gasteiger partial charge in [-0.25, -0.2) is 4.79 Å². The number of nitrogens with one attached hydrogen (secondary N) is 2. The average molecular weight is 394 g/mol. The zero-order valence-corrected chi connectivity index (χ0v) is 16.0. The van der Waals surface area contributed by atoms with Gasteiger partial charge in [-0.05, 0) is 25.5 Å². The molecule has 1 aromatic rings. The first-order valence-electron chi connectivity index (χ1n) is 9.21. The van der Waals surface area contributed by atoms with E-state index in [1.807, 2.05) is 30.3 Å². The summed E-state index contributed by atoms with van der Waals surface area (Å²) in [6.07, 6.45) is -1.35. The van der Waals surface area contributed by atoms with Crippen LogP contribution in [-0.2, 0) is 20.9 Å². The van der Waals surface area contributed by atoms with Gasteiger partial charge in [0.15, 0.2) is 5.78 Å². The van der Waals surface area contributed by atoms with Crippen LogP contribution in [0.2, 0.25) is 0 Å². The summed E-state index contributed by atoms with van der Waals surface area (Å²) in [5, 5.41) is 24.5. The van der Waals surface area contributed by atoms with E-state index in [-0.39, 0.29) is 31.7 Å². The molecule has 0 aromatic heterocycles. The number of aliphatic carboxylic acids is 1. The van der Waals surface area contributed by atoms with Crippen LogP contribution in [0.15, 0.2) is 30.3 Å². The molecular weight excluding hydrogens is 364 g/mol. The molecule has 0 saturated heterocycles. The fraction of sp³-hybridized carbons (Fsp3) is 0.526. The predicted octanol–water partition coefficient (Wildman–Crippen LogP) is -1.02. The van der Waals surface area contributed by atoms with Gasteiger partial charge < -0.3 is 32.3 Å². The molecular formula is C19H30N4O5. The van der Waals surface area contributed by atoms with Crippen LogP contribution in [0, 0.1) is 5.92 Å². The van der Waals surface area contributed by atoms with E-state index in [1.165, 1.54) is 6.92 Å². The van der Waals surface area contributed by atoms with Gasteiger partial charge in [-0.1, -0.05) is 30.3 Å². The van der Waals surface area contributed by atoms with E-state index in [9.17, 15) is 19.5 Å². The molecule has 0 aliphatic rings. The number of carboxylic acids is 1. The summed E-state index contributed by atoms with van der Waals surface area (Å²) in [6, 6.07) is 7.59. The fourth-order valence-electron chi connectivity index (χ4n) is 2.71.